The summed E-state index contributed by atoms with van der Waals surface area (Å²) >= 11 is 5.95. The van der Waals surface area contributed by atoms with Crippen molar-refractivity contribution >= 4 is 23.6 Å². The van der Waals surface area contributed by atoms with Crippen LogP contribution >= 0.6 is 11.6 Å². The zero-order valence-electron chi connectivity index (χ0n) is 12.3. The molecular formula is C15H19ClN2O4. The number of nitrogens with zero attached hydrogens (tertiary/aromatic N) is 1. The highest BCUT2D eigenvalue weighted by Gasteiger charge is 2.28. The molecule has 0 aromatic heterocycles. The van der Waals surface area contributed by atoms with E-state index in [0.717, 1.165) is 5.56 Å². The number of carboxylic acid groups (broad SMARTS) is 1. The van der Waals surface area contributed by atoms with Gasteiger partial charge >= 0.3 is 12.0 Å². The topological polar surface area (TPSA) is 78.9 Å². The number of carbonyl (C=O) groups is 2. The molecular weight excluding hydrogens is 308 g/mol. The van der Waals surface area contributed by atoms with Crippen molar-refractivity contribution in [1.29, 1.82) is 0 Å². The molecule has 1 heterocycles. The molecule has 6 nitrogen and oxygen atoms in total. The van der Waals surface area contributed by atoms with E-state index < -0.39 is 11.9 Å². The molecule has 22 heavy (non-hydrogen) atoms. The van der Waals surface area contributed by atoms with Crippen LogP contribution in [0.2, 0.25) is 5.02 Å². The molecule has 1 fully saturated rings. The quantitative estimate of drug-likeness (QED) is 0.890. The third-order valence-corrected chi connectivity index (χ3v) is 3.97. The Hall–Kier alpha value is -1.95. The predicted molar refractivity (Wildman–Crippen MR) is 82.2 cm³/mol. The molecule has 1 atom stereocenters. The average molecular weight is 327 g/mol. The van der Waals surface area contributed by atoms with Crippen molar-refractivity contribution < 1.29 is 19.4 Å². The summed E-state index contributed by atoms with van der Waals surface area (Å²) in [5.74, 6) is -0.694. The Balaban J connectivity index is 1.95. The Kier molecular flexibility index (Phi) is 5.49. The van der Waals surface area contributed by atoms with Gasteiger partial charge in [-0.2, -0.15) is 0 Å². The van der Waals surface area contributed by atoms with Crippen molar-refractivity contribution in [3.8, 4) is 5.75 Å². The summed E-state index contributed by atoms with van der Waals surface area (Å²) < 4.78 is 5.23. The van der Waals surface area contributed by atoms with Gasteiger partial charge in [-0.1, -0.05) is 11.6 Å². The molecule has 1 saturated heterocycles. The fourth-order valence-electron chi connectivity index (χ4n) is 2.53. The summed E-state index contributed by atoms with van der Waals surface area (Å²) in [5.41, 5.74) is 0.773. The first-order valence-electron chi connectivity index (χ1n) is 7.09. The summed E-state index contributed by atoms with van der Waals surface area (Å²) in [4.78, 5) is 24.7. The lowest BCUT2D eigenvalue weighted by Gasteiger charge is -2.30. The number of likely N-dealkylation sites (tertiary alicyclic amines) is 1. The van der Waals surface area contributed by atoms with Gasteiger partial charge in [0, 0.05) is 30.2 Å². The molecule has 1 aromatic rings. The third-order valence-electron chi connectivity index (χ3n) is 3.73. The fourth-order valence-corrected chi connectivity index (χ4v) is 2.73. The molecule has 2 rings (SSSR count). The van der Waals surface area contributed by atoms with Crippen molar-refractivity contribution in [2.24, 2.45) is 5.92 Å². The number of benzene rings is 1. The van der Waals surface area contributed by atoms with E-state index in [1.165, 1.54) is 0 Å². The maximum absolute atomic E-state index is 12.2. The molecule has 0 aliphatic carbocycles. The van der Waals surface area contributed by atoms with E-state index in [1.54, 1.807) is 30.2 Å². The predicted octanol–water partition coefficient (Wildman–Crippen LogP) is 2.35. The first-order chi connectivity index (χ1) is 10.5. The molecule has 7 heteroatoms. The molecule has 2 amide bonds. The van der Waals surface area contributed by atoms with E-state index in [1.807, 2.05) is 0 Å². The van der Waals surface area contributed by atoms with Crippen LogP contribution in [0.3, 0.4) is 0 Å². The van der Waals surface area contributed by atoms with Crippen LogP contribution in [0.5, 0.6) is 5.75 Å². The van der Waals surface area contributed by atoms with Gasteiger partial charge in [-0.15, -0.1) is 0 Å². The van der Waals surface area contributed by atoms with Gasteiger partial charge in [-0.3, -0.25) is 4.79 Å². The maximum atomic E-state index is 12.2. The lowest BCUT2D eigenvalue weighted by Crippen LogP contribution is -2.46. The second kappa shape index (κ2) is 7.35. The Labute approximate surface area is 134 Å². The number of carboxylic acids is 1. The van der Waals surface area contributed by atoms with Gasteiger partial charge in [0.15, 0.2) is 0 Å². The number of amides is 2. The van der Waals surface area contributed by atoms with Gasteiger partial charge in [-0.25, -0.2) is 4.79 Å². The number of piperidine rings is 1. The SMILES string of the molecule is COc1ccc(Cl)cc1CNC(=O)N1CCCC(C(=O)O)C1. The number of ether oxygens (including phenoxy) is 1. The summed E-state index contributed by atoms with van der Waals surface area (Å²) in [5, 5.41) is 12.4. The number of carbonyl (C=O) groups excluding carboxylic acids is 1. The van der Waals surface area contributed by atoms with Gasteiger partial charge in [0.1, 0.15) is 5.75 Å². The van der Waals surface area contributed by atoms with Crippen LogP contribution < -0.4 is 10.1 Å². The monoisotopic (exact) mass is 326 g/mol. The number of urea groups is 1. The largest absolute Gasteiger partial charge is 0.496 e. The molecule has 0 saturated carbocycles. The Morgan fingerprint density at radius 3 is 2.95 bits per heavy atom. The zero-order chi connectivity index (χ0) is 16.1. The molecule has 0 spiro atoms. The molecule has 0 radical (unpaired) electrons. The molecule has 120 valence electrons. The van der Waals surface area contributed by atoms with Crippen molar-refractivity contribution in [3.05, 3.63) is 28.8 Å². The Bertz CT molecular complexity index is 564. The Morgan fingerprint density at radius 2 is 2.27 bits per heavy atom. The van der Waals surface area contributed by atoms with E-state index in [0.29, 0.717) is 30.2 Å². The first-order valence-corrected chi connectivity index (χ1v) is 7.47. The van der Waals surface area contributed by atoms with E-state index in [4.69, 9.17) is 21.4 Å². The highest BCUT2D eigenvalue weighted by atomic mass is 35.5. The summed E-state index contributed by atoms with van der Waals surface area (Å²) in [6, 6.07) is 4.92. The van der Waals surface area contributed by atoms with Crippen molar-refractivity contribution in [2.75, 3.05) is 20.2 Å². The van der Waals surface area contributed by atoms with Crippen molar-refractivity contribution in [3.63, 3.8) is 0 Å². The summed E-state index contributed by atoms with van der Waals surface area (Å²) in [6.07, 6.45) is 1.31. The maximum Gasteiger partial charge on any atom is 0.317 e. The minimum absolute atomic E-state index is 0.244. The average Bonchev–Trinajstić information content (AvgIpc) is 2.52. The normalized spacial score (nSPS) is 17.9. The number of rotatable bonds is 4. The van der Waals surface area contributed by atoms with Crippen LogP contribution in [0.4, 0.5) is 4.79 Å². The number of aliphatic carboxylic acids is 1. The zero-order valence-corrected chi connectivity index (χ0v) is 13.1. The molecule has 1 unspecified atom stereocenters. The van der Waals surface area contributed by atoms with Crippen LogP contribution in [0.25, 0.3) is 0 Å². The lowest BCUT2D eigenvalue weighted by molar-refractivity contribution is -0.143. The second-order valence-corrected chi connectivity index (χ2v) is 5.67. The van der Waals surface area contributed by atoms with E-state index in [-0.39, 0.29) is 19.1 Å². The van der Waals surface area contributed by atoms with Crippen LogP contribution in [0, 0.1) is 5.92 Å². The fraction of sp³-hybridized carbons (Fsp3) is 0.467. The van der Waals surface area contributed by atoms with Gasteiger partial charge < -0.3 is 20.1 Å². The van der Waals surface area contributed by atoms with Crippen LogP contribution in [0.15, 0.2) is 18.2 Å². The van der Waals surface area contributed by atoms with E-state index in [2.05, 4.69) is 5.32 Å². The van der Waals surface area contributed by atoms with E-state index in [9.17, 15) is 9.59 Å². The van der Waals surface area contributed by atoms with Gasteiger partial charge in [0.05, 0.1) is 13.0 Å². The minimum atomic E-state index is -0.853. The highest BCUT2D eigenvalue weighted by Crippen LogP contribution is 2.22. The summed E-state index contributed by atoms with van der Waals surface area (Å²) in [7, 11) is 1.55. The lowest BCUT2D eigenvalue weighted by atomic mass is 9.99. The van der Waals surface area contributed by atoms with Crippen LogP contribution in [-0.2, 0) is 11.3 Å². The molecule has 2 N–H and O–H groups in total. The van der Waals surface area contributed by atoms with E-state index >= 15 is 0 Å². The number of methoxy groups -OCH3 is 1. The minimum Gasteiger partial charge on any atom is -0.496 e. The first kappa shape index (κ1) is 16.4. The Morgan fingerprint density at radius 1 is 1.50 bits per heavy atom. The van der Waals surface area contributed by atoms with Crippen LogP contribution in [-0.4, -0.2) is 42.2 Å². The second-order valence-electron chi connectivity index (χ2n) is 5.24. The highest BCUT2D eigenvalue weighted by molar-refractivity contribution is 6.30. The number of hydrogen-bond acceptors (Lipinski definition) is 3. The summed E-state index contributed by atoms with van der Waals surface area (Å²) in [6.45, 7) is 1.09. The molecule has 1 aliphatic rings. The number of halogens is 1. The number of hydrogen-bond donors (Lipinski definition) is 2. The third kappa shape index (κ3) is 4.04. The smallest absolute Gasteiger partial charge is 0.317 e. The molecule has 0 bridgehead atoms. The van der Waals surface area contributed by atoms with Crippen molar-refractivity contribution in [1.82, 2.24) is 10.2 Å². The van der Waals surface area contributed by atoms with Gasteiger partial charge in [0.25, 0.3) is 0 Å². The molecule has 1 aliphatic heterocycles. The van der Waals surface area contributed by atoms with Gasteiger partial charge in [-0.05, 0) is 31.0 Å². The molecule has 1 aromatic carbocycles. The van der Waals surface area contributed by atoms with Gasteiger partial charge in [0.2, 0.25) is 0 Å². The van der Waals surface area contributed by atoms with Crippen molar-refractivity contribution in [2.45, 2.75) is 19.4 Å². The number of nitrogens with one attached hydrogen (secondary N) is 1. The standard InChI is InChI=1S/C15H19ClN2O4/c1-22-13-5-4-12(16)7-11(13)8-17-15(21)18-6-2-3-10(9-18)14(19)20/h4-5,7,10H,2-3,6,8-9H2,1H3,(H,17,21)(H,19,20). The van der Waals surface area contributed by atoms with Crippen LogP contribution in [0.1, 0.15) is 18.4 Å².